The van der Waals surface area contributed by atoms with Gasteiger partial charge in [0.15, 0.2) is 11.5 Å². The number of hydrogen-bond acceptors (Lipinski definition) is 4. The molecule has 1 rings (SSSR count). The summed E-state index contributed by atoms with van der Waals surface area (Å²) in [6.07, 6.45) is 11.1. The Bertz CT molecular complexity index is 486. The van der Waals surface area contributed by atoms with Gasteiger partial charge in [-0.2, -0.15) is 0 Å². The second-order valence-electron chi connectivity index (χ2n) is 6.22. The van der Waals surface area contributed by atoms with Crippen LogP contribution in [-0.4, -0.2) is 23.8 Å². The fourth-order valence-electron chi connectivity index (χ4n) is 2.92. The Morgan fingerprint density at radius 3 is 1.91 bits per heavy atom. The average molecular weight is 322 g/mol. The Labute approximate surface area is 139 Å². The van der Waals surface area contributed by atoms with Gasteiger partial charge in [0.1, 0.15) is 0 Å². The normalized spacial score (nSPS) is 15.6. The Hall–Kier alpha value is -1.58. The summed E-state index contributed by atoms with van der Waals surface area (Å²) in [6, 6.07) is 0. The van der Waals surface area contributed by atoms with E-state index in [1.54, 1.807) is 0 Å². The molecule has 1 aliphatic rings. The van der Waals surface area contributed by atoms with Gasteiger partial charge in [0.2, 0.25) is 11.6 Å². The first-order chi connectivity index (χ1) is 11.0. The topological polar surface area (TPSA) is 63.6 Å². The minimum absolute atomic E-state index is 0.0683. The molecular weight excluding hydrogens is 292 g/mol. The molecule has 1 aliphatic carbocycles. The maximum Gasteiger partial charge on any atom is 0.227 e. The summed E-state index contributed by atoms with van der Waals surface area (Å²) in [5, 5.41) is 9.93. The lowest BCUT2D eigenvalue weighted by Gasteiger charge is -2.18. The van der Waals surface area contributed by atoms with Crippen LogP contribution >= 0.6 is 0 Å². The van der Waals surface area contributed by atoms with Crippen molar-refractivity contribution in [2.45, 2.75) is 78.1 Å². The van der Waals surface area contributed by atoms with E-state index in [2.05, 4.69) is 6.92 Å². The number of hydrogen-bond donors (Lipinski definition) is 1. The minimum Gasteiger partial charge on any atom is -0.504 e. The number of unbranched alkanes of at least 4 members (excludes halogenated alkanes) is 8. The van der Waals surface area contributed by atoms with E-state index in [1.165, 1.54) is 52.6 Å². The van der Waals surface area contributed by atoms with Crippen molar-refractivity contribution in [1.82, 2.24) is 0 Å². The predicted octanol–water partition coefficient (Wildman–Crippen LogP) is 4.79. The fourth-order valence-corrected chi connectivity index (χ4v) is 2.92. The summed E-state index contributed by atoms with van der Waals surface area (Å²) < 4.78 is 5.02. The number of allylic oxidation sites excluding steroid dienone is 2. The zero-order chi connectivity index (χ0) is 17.2. The summed E-state index contributed by atoms with van der Waals surface area (Å²) in [5.41, 5.74) is 0.395. The van der Waals surface area contributed by atoms with Crippen LogP contribution in [0, 0.1) is 0 Å². The Morgan fingerprint density at radius 1 is 0.870 bits per heavy atom. The third-order valence-electron chi connectivity index (χ3n) is 4.40. The quantitative estimate of drug-likeness (QED) is 0.439. The summed E-state index contributed by atoms with van der Waals surface area (Å²) in [5.74, 6) is -1.17. The zero-order valence-electron chi connectivity index (χ0n) is 14.7. The molecule has 0 aromatic carbocycles. The van der Waals surface area contributed by atoms with Gasteiger partial charge >= 0.3 is 0 Å². The minimum atomic E-state index is -0.493. The molecule has 0 fully saturated rings. The summed E-state index contributed by atoms with van der Waals surface area (Å²) in [4.78, 5) is 24.1. The molecule has 23 heavy (non-hydrogen) atoms. The third kappa shape index (κ3) is 5.52. The number of aliphatic hydroxyl groups excluding tert-OH is 1. The van der Waals surface area contributed by atoms with Crippen LogP contribution in [0.15, 0.2) is 22.7 Å². The maximum absolute atomic E-state index is 12.2. The van der Waals surface area contributed by atoms with Gasteiger partial charge in [0, 0.05) is 11.1 Å². The molecule has 0 saturated heterocycles. The zero-order valence-corrected chi connectivity index (χ0v) is 14.7. The molecule has 0 bridgehead atoms. The Morgan fingerprint density at radius 2 is 1.39 bits per heavy atom. The van der Waals surface area contributed by atoms with Crippen LogP contribution in [0.1, 0.15) is 78.1 Å². The average Bonchev–Trinajstić information content (AvgIpc) is 2.54. The molecule has 4 heteroatoms. The summed E-state index contributed by atoms with van der Waals surface area (Å²) in [6.45, 7) is 3.72. The second-order valence-corrected chi connectivity index (χ2v) is 6.22. The van der Waals surface area contributed by atoms with Gasteiger partial charge in [0.05, 0.1) is 7.11 Å². The van der Waals surface area contributed by atoms with Gasteiger partial charge in [-0.05, 0) is 19.8 Å². The van der Waals surface area contributed by atoms with Crippen molar-refractivity contribution >= 4 is 11.6 Å². The van der Waals surface area contributed by atoms with Crippen LogP contribution in [0.5, 0.6) is 0 Å². The van der Waals surface area contributed by atoms with Crippen LogP contribution < -0.4 is 0 Å². The van der Waals surface area contributed by atoms with Crippen LogP contribution in [0.2, 0.25) is 0 Å². The van der Waals surface area contributed by atoms with Crippen molar-refractivity contribution in [1.29, 1.82) is 0 Å². The van der Waals surface area contributed by atoms with E-state index in [4.69, 9.17) is 4.74 Å². The van der Waals surface area contributed by atoms with E-state index in [-0.39, 0.29) is 22.7 Å². The highest BCUT2D eigenvalue weighted by atomic mass is 16.5. The van der Waals surface area contributed by atoms with Crippen LogP contribution in [0.3, 0.4) is 0 Å². The van der Waals surface area contributed by atoms with Crippen molar-refractivity contribution in [3.63, 3.8) is 0 Å². The van der Waals surface area contributed by atoms with Crippen molar-refractivity contribution < 1.29 is 19.4 Å². The first kappa shape index (κ1) is 19.5. The van der Waals surface area contributed by atoms with Gasteiger partial charge in [-0.15, -0.1) is 0 Å². The standard InChI is InChI=1S/C19H30O4/c1-4-5-6-7-8-9-10-11-12-13-15-17(21)16(20)14(2)19(23-3)18(15)22/h21H,4-13H2,1-3H3. The molecule has 0 aromatic rings. The van der Waals surface area contributed by atoms with Gasteiger partial charge in [-0.25, -0.2) is 0 Å². The number of Topliss-reactive ketones (excluding diaryl/α,β-unsaturated/α-hetero) is 2. The molecule has 4 nitrogen and oxygen atoms in total. The lowest BCUT2D eigenvalue weighted by molar-refractivity contribution is -0.120. The smallest absolute Gasteiger partial charge is 0.227 e. The second kappa shape index (κ2) is 10.2. The first-order valence-corrected chi connectivity index (χ1v) is 8.80. The SMILES string of the molecule is CCCCCCCCCCCC1=C(O)C(=O)C(C)=C(OC)C1=O. The van der Waals surface area contributed by atoms with E-state index in [0.29, 0.717) is 6.42 Å². The fraction of sp³-hybridized carbons (Fsp3) is 0.684. The van der Waals surface area contributed by atoms with E-state index < -0.39 is 11.5 Å². The summed E-state index contributed by atoms with van der Waals surface area (Å²) >= 11 is 0. The summed E-state index contributed by atoms with van der Waals surface area (Å²) in [7, 11) is 1.38. The van der Waals surface area contributed by atoms with Gasteiger partial charge in [-0.3, -0.25) is 9.59 Å². The van der Waals surface area contributed by atoms with Gasteiger partial charge in [-0.1, -0.05) is 58.3 Å². The first-order valence-electron chi connectivity index (χ1n) is 8.80. The van der Waals surface area contributed by atoms with Crippen molar-refractivity contribution in [2.75, 3.05) is 7.11 Å². The highest BCUT2D eigenvalue weighted by Gasteiger charge is 2.32. The lowest BCUT2D eigenvalue weighted by atomic mass is 9.91. The van der Waals surface area contributed by atoms with E-state index >= 15 is 0 Å². The molecule has 0 atom stereocenters. The third-order valence-corrected chi connectivity index (χ3v) is 4.40. The highest BCUT2D eigenvalue weighted by molar-refractivity contribution is 6.23. The molecule has 0 saturated carbocycles. The Kier molecular flexibility index (Phi) is 8.67. The van der Waals surface area contributed by atoms with Gasteiger partial charge < -0.3 is 9.84 Å². The number of rotatable bonds is 11. The maximum atomic E-state index is 12.2. The Balaban J connectivity index is 2.34. The molecular formula is C19H30O4. The number of methoxy groups -OCH3 is 1. The predicted molar refractivity (Wildman–Crippen MR) is 91.2 cm³/mol. The number of carbonyl (C=O) groups excluding carboxylic acids is 2. The lowest BCUT2D eigenvalue weighted by Crippen LogP contribution is -2.24. The monoisotopic (exact) mass is 322 g/mol. The molecule has 0 aromatic heterocycles. The molecule has 0 heterocycles. The molecule has 130 valence electrons. The van der Waals surface area contributed by atoms with E-state index in [1.807, 2.05) is 0 Å². The highest BCUT2D eigenvalue weighted by Crippen LogP contribution is 2.27. The number of ketones is 2. The number of ether oxygens (including phenoxy) is 1. The molecule has 0 spiro atoms. The molecule has 0 aliphatic heterocycles. The molecule has 0 amide bonds. The number of aliphatic hydroxyl groups is 1. The van der Waals surface area contributed by atoms with Crippen molar-refractivity contribution in [3.05, 3.63) is 22.7 Å². The van der Waals surface area contributed by atoms with Crippen molar-refractivity contribution in [3.8, 4) is 0 Å². The largest absolute Gasteiger partial charge is 0.504 e. The van der Waals surface area contributed by atoms with E-state index in [9.17, 15) is 14.7 Å². The van der Waals surface area contributed by atoms with Crippen LogP contribution in [0.4, 0.5) is 0 Å². The van der Waals surface area contributed by atoms with Crippen LogP contribution in [-0.2, 0) is 14.3 Å². The van der Waals surface area contributed by atoms with Gasteiger partial charge in [0.25, 0.3) is 0 Å². The van der Waals surface area contributed by atoms with Crippen LogP contribution in [0.25, 0.3) is 0 Å². The molecule has 0 radical (unpaired) electrons. The van der Waals surface area contributed by atoms with Crippen molar-refractivity contribution in [2.24, 2.45) is 0 Å². The molecule has 1 N–H and O–H groups in total. The van der Waals surface area contributed by atoms with E-state index in [0.717, 1.165) is 19.3 Å². The molecule has 0 unspecified atom stereocenters. The number of carbonyl (C=O) groups is 2.